The van der Waals surface area contributed by atoms with E-state index in [9.17, 15) is 9.59 Å². The van der Waals surface area contributed by atoms with Crippen LogP contribution in [0.5, 0.6) is 11.5 Å². The summed E-state index contributed by atoms with van der Waals surface area (Å²) in [5.41, 5.74) is 1.76. The van der Waals surface area contributed by atoms with Crippen molar-refractivity contribution in [2.45, 2.75) is 39.0 Å². The summed E-state index contributed by atoms with van der Waals surface area (Å²) >= 11 is 0. The van der Waals surface area contributed by atoms with E-state index >= 15 is 0 Å². The van der Waals surface area contributed by atoms with E-state index in [0.717, 1.165) is 33.7 Å². The summed E-state index contributed by atoms with van der Waals surface area (Å²) in [6.07, 6.45) is 2.97. The maximum absolute atomic E-state index is 12.5. The van der Waals surface area contributed by atoms with Crippen LogP contribution in [0.1, 0.15) is 44.6 Å². The molecule has 3 aromatic carbocycles. The first-order chi connectivity index (χ1) is 15.0. The van der Waals surface area contributed by atoms with Crippen LogP contribution in [0.25, 0.3) is 21.7 Å². The molecular formula is C25H23NO5. The molecule has 1 unspecified atom stereocenters. The highest BCUT2D eigenvalue weighted by Gasteiger charge is 2.15. The van der Waals surface area contributed by atoms with E-state index in [4.69, 9.17) is 14.0 Å². The molecule has 0 spiro atoms. The Morgan fingerprint density at radius 2 is 1.65 bits per heavy atom. The van der Waals surface area contributed by atoms with Crippen molar-refractivity contribution in [2.24, 2.45) is 0 Å². The Morgan fingerprint density at radius 3 is 2.42 bits per heavy atom. The number of benzene rings is 3. The van der Waals surface area contributed by atoms with Gasteiger partial charge in [-0.1, -0.05) is 37.2 Å². The molecule has 0 saturated heterocycles. The molecule has 158 valence electrons. The third-order valence-corrected chi connectivity index (χ3v) is 5.16. The third-order valence-electron chi connectivity index (χ3n) is 5.16. The Hall–Kier alpha value is -3.67. The highest BCUT2D eigenvalue weighted by atomic mass is 16.5. The minimum atomic E-state index is -0.312. The molecule has 31 heavy (non-hydrogen) atoms. The minimum Gasteiger partial charge on any atom is -0.427 e. The lowest BCUT2D eigenvalue weighted by atomic mass is 9.98. The predicted octanol–water partition coefficient (Wildman–Crippen LogP) is 5.79. The summed E-state index contributed by atoms with van der Waals surface area (Å²) in [6.45, 7) is 3.89. The molecule has 0 fully saturated rings. The number of esters is 2. The predicted molar refractivity (Wildman–Crippen MR) is 117 cm³/mol. The van der Waals surface area contributed by atoms with Gasteiger partial charge in [0.05, 0.1) is 6.42 Å². The fourth-order valence-corrected chi connectivity index (χ4v) is 3.50. The smallest absolute Gasteiger partial charge is 0.311 e. The Bertz CT molecular complexity index is 1230. The van der Waals surface area contributed by atoms with Gasteiger partial charge in [0.2, 0.25) is 0 Å². The largest absolute Gasteiger partial charge is 0.427 e. The molecule has 0 bridgehead atoms. The first-order valence-electron chi connectivity index (χ1n) is 10.3. The van der Waals surface area contributed by atoms with Crippen LogP contribution in [0.4, 0.5) is 0 Å². The number of hydrogen-bond donors (Lipinski definition) is 0. The molecule has 4 aromatic rings. The molecule has 1 heterocycles. The van der Waals surface area contributed by atoms with E-state index in [1.807, 2.05) is 50.2 Å². The van der Waals surface area contributed by atoms with Crippen LogP contribution in [0.15, 0.2) is 65.4 Å². The quantitative estimate of drug-likeness (QED) is 0.280. The average molecular weight is 417 g/mol. The molecule has 1 atom stereocenters. The molecule has 0 aliphatic carbocycles. The number of carbonyl (C=O) groups is 2. The van der Waals surface area contributed by atoms with Crippen molar-refractivity contribution in [2.75, 3.05) is 0 Å². The van der Waals surface area contributed by atoms with Crippen LogP contribution in [-0.2, 0) is 9.59 Å². The highest BCUT2D eigenvalue weighted by Crippen LogP contribution is 2.28. The van der Waals surface area contributed by atoms with Gasteiger partial charge >= 0.3 is 11.9 Å². The maximum atomic E-state index is 12.5. The van der Waals surface area contributed by atoms with Crippen molar-refractivity contribution in [3.05, 3.63) is 66.4 Å². The lowest BCUT2D eigenvalue weighted by Gasteiger charge is -2.12. The Labute approximate surface area is 179 Å². The Kier molecular flexibility index (Phi) is 5.98. The molecule has 0 N–H and O–H groups in total. The lowest BCUT2D eigenvalue weighted by molar-refractivity contribution is -0.135. The zero-order valence-electron chi connectivity index (χ0n) is 17.5. The van der Waals surface area contributed by atoms with Gasteiger partial charge in [0, 0.05) is 17.2 Å². The van der Waals surface area contributed by atoms with Gasteiger partial charge in [0.15, 0.2) is 0 Å². The molecule has 6 nitrogen and oxygen atoms in total. The van der Waals surface area contributed by atoms with Gasteiger partial charge in [-0.3, -0.25) is 9.59 Å². The van der Waals surface area contributed by atoms with E-state index in [0.29, 0.717) is 17.9 Å². The molecule has 6 heteroatoms. The standard InChI is InChI=1S/C25H23NO5/c1-3-4-23(27)30-20-9-7-17(8-10-20)16(2)13-24(28)31-21-11-12-22-18(14-21)5-6-19-15-29-26-25(19)22/h5-12,14-16H,3-4,13H2,1-2H3. The van der Waals surface area contributed by atoms with E-state index in [1.54, 1.807) is 24.5 Å². The van der Waals surface area contributed by atoms with Crippen molar-refractivity contribution in [3.63, 3.8) is 0 Å². The molecule has 0 aliphatic rings. The topological polar surface area (TPSA) is 78.6 Å². The van der Waals surface area contributed by atoms with Crippen molar-refractivity contribution in [1.82, 2.24) is 5.16 Å². The van der Waals surface area contributed by atoms with E-state index in [2.05, 4.69) is 5.16 Å². The number of carbonyl (C=O) groups excluding carboxylic acids is 2. The zero-order valence-corrected chi connectivity index (χ0v) is 17.5. The van der Waals surface area contributed by atoms with Crippen LogP contribution < -0.4 is 9.47 Å². The van der Waals surface area contributed by atoms with Crippen molar-refractivity contribution in [3.8, 4) is 11.5 Å². The van der Waals surface area contributed by atoms with Gasteiger partial charge in [-0.15, -0.1) is 0 Å². The van der Waals surface area contributed by atoms with Gasteiger partial charge in [-0.05, 0) is 59.7 Å². The minimum absolute atomic E-state index is 0.0388. The Morgan fingerprint density at radius 1 is 0.935 bits per heavy atom. The second-order valence-corrected chi connectivity index (χ2v) is 7.57. The highest BCUT2D eigenvalue weighted by molar-refractivity contribution is 6.05. The summed E-state index contributed by atoms with van der Waals surface area (Å²) in [5, 5.41) is 6.83. The van der Waals surface area contributed by atoms with E-state index < -0.39 is 0 Å². The second-order valence-electron chi connectivity index (χ2n) is 7.57. The lowest BCUT2D eigenvalue weighted by Crippen LogP contribution is -2.11. The fourth-order valence-electron chi connectivity index (χ4n) is 3.50. The molecule has 1 aromatic heterocycles. The first-order valence-corrected chi connectivity index (χ1v) is 10.3. The number of aromatic nitrogens is 1. The number of fused-ring (bicyclic) bond motifs is 3. The SMILES string of the molecule is CCCC(=O)Oc1ccc(C(C)CC(=O)Oc2ccc3c(ccc4conc43)c2)cc1. The number of nitrogens with zero attached hydrogens (tertiary/aromatic N) is 1. The maximum Gasteiger partial charge on any atom is 0.311 e. The molecular weight excluding hydrogens is 394 g/mol. The van der Waals surface area contributed by atoms with Crippen LogP contribution in [0, 0.1) is 0 Å². The van der Waals surface area contributed by atoms with Gasteiger partial charge in [-0.25, -0.2) is 0 Å². The van der Waals surface area contributed by atoms with Crippen LogP contribution in [0.2, 0.25) is 0 Å². The first kappa shape index (κ1) is 20.6. The number of rotatable bonds is 7. The molecule has 0 aliphatic heterocycles. The van der Waals surface area contributed by atoms with Gasteiger partial charge in [0.1, 0.15) is 23.3 Å². The van der Waals surface area contributed by atoms with Crippen molar-refractivity contribution >= 4 is 33.6 Å². The summed E-state index contributed by atoms with van der Waals surface area (Å²) in [7, 11) is 0. The summed E-state index contributed by atoms with van der Waals surface area (Å²) in [5.74, 6) is 0.405. The summed E-state index contributed by atoms with van der Waals surface area (Å²) < 4.78 is 15.9. The Balaban J connectivity index is 1.38. The molecule has 0 radical (unpaired) electrons. The molecule has 0 amide bonds. The third kappa shape index (κ3) is 4.74. The van der Waals surface area contributed by atoms with Crippen LogP contribution >= 0.6 is 0 Å². The molecule has 4 rings (SSSR count). The molecule has 0 saturated carbocycles. The second kappa shape index (κ2) is 9.00. The summed E-state index contributed by atoms with van der Waals surface area (Å²) in [4.78, 5) is 24.1. The van der Waals surface area contributed by atoms with Crippen molar-refractivity contribution < 1.29 is 23.6 Å². The van der Waals surface area contributed by atoms with Gasteiger partial charge < -0.3 is 14.0 Å². The van der Waals surface area contributed by atoms with Gasteiger partial charge in [-0.2, -0.15) is 0 Å². The zero-order chi connectivity index (χ0) is 21.8. The average Bonchev–Trinajstić information content (AvgIpc) is 3.23. The van der Waals surface area contributed by atoms with Crippen LogP contribution in [0.3, 0.4) is 0 Å². The normalized spacial score (nSPS) is 12.1. The monoisotopic (exact) mass is 417 g/mol. The van der Waals surface area contributed by atoms with Crippen LogP contribution in [-0.4, -0.2) is 17.1 Å². The fraction of sp³-hybridized carbons (Fsp3) is 0.240. The van der Waals surface area contributed by atoms with E-state index in [1.165, 1.54) is 0 Å². The van der Waals surface area contributed by atoms with Crippen molar-refractivity contribution in [1.29, 1.82) is 0 Å². The number of ether oxygens (including phenoxy) is 2. The van der Waals surface area contributed by atoms with E-state index in [-0.39, 0.29) is 24.3 Å². The van der Waals surface area contributed by atoms with Gasteiger partial charge in [0.25, 0.3) is 0 Å². The number of hydrogen-bond acceptors (Lipinski definition) is 6. The summed E-state index contributed by atoms with van der Waals surface area (Å²) in [6, 6.07) is 16.6.